The Labute approximate surface area is 144 Å². The average molecular weight is 346 g/mol. The molecule has 1 fully saturated rings. The third kappa shape index (κ3) is 3.40. The molecule has 1 atom stereocenters. The van der Waals surface area contributed by atoms with Crippen LogP contribution in [0.3, 0.4) is 0 Å². The molecule has 1 saturated carbocycles. The van der Waals surface area contributed by atoms with Crippen LogP contribution >= 0.6 is 11.3 Å². The monoisotopic (exact) mass is 346 g/mol. The lowest BCUT2D eigenvalue weighted by Gasteiger charge is -2.03. The summed E-state index contributed by atoms with van der Waals surface area (Å²) in [4.78, 5) is 33.1. The predicted molar refractivity (Wildman–Crippen MR) is 96.6 cm³/mol. The first-order valence-corrected chi connectivity index (χ1v) is 9.12. The Hall–Kier alpha value is -2.02. The highest BCUT2D eigenvalue weighted by molar-refractivity contribution is 7.18. The lowest BCUT2D eigenvalue weighted by Crippen LogP contribution is -2.23. The molecule has 0 bridgehead atoms. The number of aromatic nitrogens is 2. The van der Waals surface area contributed by atoms with E-state index >= 15 is 0 Å². The smallest absolute Gasteiger partial charge is 0.259 e. The van der Waals surface area contributed by atoms with Gasteiger partial charge in [-0.15, -0.1) is 11.3 Å². The second-order valence-electron chi connectivity index (χ2n) is 6.38. The maximum Gasteiger partial charge on any atom is 0.259 e. The van der Waals surface area contributed by atoms with Gasteiger partial charge in [-0.25, -0.2) is 10.4 Å². The van der Waals surface area contributed by atoms with Crippen LogP contribution in [0, 0.1) is 19.8 Å². The second kappa shape index (κ2) is 6.84. The average Bonchev–Trinajstić information content (AvgIpc) is 3.10. The number of aryl methyl sites for hydroxylation is 2. The number of amides is 1. The zero-order chi connectivity index (χ0) is 17.3. The first-order valence-electron chi connectivity index (χ1n) is 8.31. The van der Waals surface area contributed by atoms with E-state index in [1.165, 1.54) is 11.3 Å². The lowest BCUT2D eigenvalue weighted by molar-refractivity contribution is -0.120. The van der Waals surface area contributed by atoms with E-state index < -0.39 is 0 Å². The Balaban J connectivity index is 1.70. The molecule has 3 rings (SSSR count). The highest BCUT2D eigenvalue weighted by atomic mass is 32.1. The number of thiophene rings is 1. The Morgan fingerprint density at radius 1 is 1.46 bits per heavy atom. The van der Waals surface area contributed by atoms with Crippen LogP contribution < -0.4 is 11.0 Å². The van der Waals surface area contributed by atoms with Crippen molar-refractivity contribution in [1.29, 1.82) is 0 Å². The van der Waals surface area contributed by atoms with Crippen molar-refractivity contribution in [3.8, 4) is 0 Å². The van der Waals surface area contributed by atoms with Gasteiger partial charge in [-0.05, 0) is 44.6 Å². The molecule has 0 aromatic carbocycles. The highest BCUT2D eigenvalue weighted by Crippen LogP contribution is 2.26. The van der Waals surface area contributed by atoms with Crippen LogP contribution in [0.5, 0.6) is 0 Å². The Kier molecular flexibility index (Phi) is 4.80. The number of carbonyl (C=O) groups excluding carboxylic acids is 1. The number of hydrogen-bond donors (Lipinski definition) is 2. The van der Waals surface area contributed by atoms with E-state index in [4.69, 9.17) is 0 Å². The van der Waals surface area contributed by atoms with Gasteiger partial charge >= 0.3 is 0 Å². The number of nitrogens with zero attached hydrogens (tertiary/aromatic N) is 2. The third-order valence-corrected chi connectivity index (χ3v) is 5.80. The van der Waals surface area contributed by atoms with Gasteiger partial charge in [-0.1, -0.05) is 13.3 Å². The molecular weight excluding hydrogens is 324 g/mol. The molecule has 2 heterocycles. The fraction of sp³-hybridized carbons (Fsp3) is 0.529. The first kappa shape index (κ1) is 16.8. The van der Waals surface area contributed by atoms with Gasteiger partial charge in [0.2, 0.25) is 5.91 Å². The van der Waals surface area contributed by atoms with E-state index in [2.05, 4.69) is 27.4 Å². The van der Waals surface area contributed by atoms with E-state index in [1.54, 1.807) is 0 Å². The summed E-state index contributed by atoms with van der Waals surface area (Å²) in [6.45, 7) is 6.06. The summed E-state index contributed by atoms with van der Waals surface area (Å²) in [6, 6.07) is 0. The number of aromatic amines is 1. The molecule has 1 unspecified atom stereocenters. The molecule has 2 N–H and O–H groups in total. The molecule has 128 valence electrons. The molecule has 2 aromatic rings. The van der Waals surface area contributed by atoms with Gasteiger partial charge in [-0.2, -0.15) is 5.10 Å². The molecule has 1 aliphatic carbocycles. The minimum atomic E-state index is -0.255. The molecule has 0 aliphatic heterocycles. The molecule has 24 heavy (non-hydrogen) atoms. The summed E-state index contributed by atoms with van der Waals surface area (Å²) in [7, 11) is 0. The number of rotatable bonds is 4. The molecule has 2 aromatic heterocycles. The van der Waals surface area contributed by atoms with Crippen LogP contribution in [-0.4, -0.2) is 21.6 Å². The molecular formula is C17H22N4O2S. The van der Waals surface area contributed by atoms with Gasteiger partial charge in [0, 0.05) is 10.6 Å². The van der Waals surface area contributed by atoms with Crippen LogP contribution in [0.25, 0.3) is 10.2 Å². The minimum absolute atomic E-state index is 0.0230. The quantitative estimate of drug-likeness (QED) is 0.835. The Morgan fingerprint density at radius 3 is 2.96 bits per heavy atom. The van der Waals surface area contributed by atoms with Gasteiger partial charge in [0.05, 0.1) is 11.8 Å². The number of nitrogens with one attached hydrogen (secondary N) is 2. The zero-order valence-electron chi connectivity index (χ0n) is 14.2. The molecule has 0 radical (unpaired) electrons. The first-order chi connectivity index (χ1) is 11.5. The van der Waals surface area contributed by atoms with Gasteiger partial charge in [0.1, 0.15) is 10.7 Å². The van der Waals surface area contributed by atoms with Gasteiger partial charge < -0.3 is 4.98 Å². The molecule has 6 nitrogen and oxygen atoms in total. The summed E-state index contributed by atoms with van der Waals surface area (Å²) in [6.07, 6.45) is 4.24. The number of carbonyl (C=O) groups is 1. The van der Waals surface area contributed by atoms with E-state index in [1.807, 2.05) is 13.8 Å². The maximum atomic E-state index is 12.2. The molecule has 1 amide bonds. The zero-order valence-corrected chi connectivity index (χ0v) is 15.0. The van der Waals surface area contributed by atoms with Crippen molar-refractivity contribution in [1.82, 2.24) is 15.4 Å². The number of hydrazone groups is 1. The van der Waals surface area contributed by atoms with Crippen LogP contribution in [0.4, 0.5) is 0 Å². The topological polar surface area (TPSA) is 87.2 Å². The maximum absolute atomic E-state index is 12.2. The van der Waals surface area contributed by atoms with Crippen LogP contribution in [-0.2, 0) is 11.2 Å². The summed E-state index contributed by atoms with van der Waals surface area (Å²) >= 11 is 1.48. The Morgan fingerprint density at radius 2 is 2.25 bits per heavy atom. The van der Waals surface area contributed by atoms with Crippen molar-refractivity contribution in [2.24, 2.45) is 11.0 Å². The van der Waals surface area contributed by atoms with Crippen molar-refractivity contribution in [3.05, 3.63) is 26.6 Å². The van der Waals surface area contributed by atoms with Crippen LogP contribution in [0.2, 0.25) is 0 Å². The molecule has 0 saturated heterocycles. The van der Waals surface area contributed by atoms with Crippen molar-refractivity contribution in [3.63, 3.8) is 0 Å². The van der Waals surface area contributed by atoms with Gasteiger partial charge in [0.25, 0.3) is 5.56 Å². The molecule has 7 heteroatoms. The normalized spacial score (nSPS) is 19.3. The summed E-state index contributed by atoms with van der Waals surface area (Å²) < 4.78 is 0. The van der Waals surface area contributed by atoms with E-state index in [9.17, 15) is 9.59 Å². The van der Waals surface area contributed by atoms with Crippen molar-refractivity contribution in [2.45, 2.75) is 52.9 Å². The highest BCUT2D eigenvalue weighted by Gasteiger charge is 2.19. The predicted octanol–water partition coefficient (Wildman–Crippen LogP) is 2.83. The molecule has 0 spiro atoms. The fourth-order valence-corrected chi connectivity index (χ4v) is 4.12. The van der Waals surface area contributed by atoms with Crippen LogP contribution in [0.1, 0.15) is 48.9 Å². The summed E-state index contributed by atoms with van der Waals surface area (Å²) in [5, 5.41) is 4.84. The van der Waals surface area contributed by atoms with Gasteiger partial charge in [0.15, 0.2) is 0 Å². The lowest BCUT2D eigenvalue weighted by atomic mass is 10.1. The van der Waals surface area contributed by atoms with Crippen molar-refractivity contribution in [2.75, 3.05) is 0 Å². The SMILES string of the molecule is CCC1CCC(=NNC(=O)Cc2nc3sc(C)c(C)c3c(=O)[nH]2)C1. The number of H-pyrrole nitrogens is 1. The largest absolute Gasteiger partial charge is 0.309 e. The number of fused-ring (bicyclic) bond motifs is 1. The van der Waals surface area contributed by atoms with Crippen LogP contribution in [0.15, 0.2) is 9.90 Å². The summed E-state index contributed by atoms with van der Waals surface area (Å²) in [5.41, 5.74) is 4.42. The van der Waals surface area contributed by atoms with E-state index in [0.29, 0.717) is 22.0 Å². The number of hydrogen-bond acceptors (Lipinski definition) is 5. The summed E-state index contributed by atoms with van der Waals surface area (Å²) in [5.74, 6) is 0.811. The van der Waals surface area contributed by atoms with Crippen molar-refractivity contribution < 1.29 is 4.79 Å². The fourth-order valence-electron chi connectivity index (χ4n) is 3.07. The molecule has 1 aliphatic rings. The second-order valence-corrected chi connectivity index (χ2v) is 7.59. The Bertz CT molecular complexity index is 865. The van der Waals surface area contributed by atoms with E-state index in [-0.39, 0.29) is 17.9 Å². The standard InChI is InChI=1S/C17H22N4O2S/c1-4-11-5-6-12(7-11)20-21-14(22)8-13-18-16(23)15-9(2)10(3)24-17(15)19-13/h11H,4-8H2,1-3H3,(H,21,22)(H,18,19,23). The van der Waals surface area contributed by atoms with E-state index in [0.717, 1.165) is 41.8 Å². The van der Waals surface area contributed by atoms with Gasteiger partial charge in [-0.3, -0.25) is 9.59 Å². The third-order valence-electron chi connectivity index (χ3n) is 4.70. The minimum Gasteiger partial charge on any atom is -0.309 e. The van der Waals surface area contributed by atoms with Crippen molar-refractivity contribution >= 4 is 33.2 Å².